The van der Waals surface area contributed by atoms with Gasteiger partial charge in [-0.3, -0.25) is 4.68 Å². The molecule has 2 rings (SSSR count). The van der Waals surface area contributed by atoms with E-state index in [1.807, 2.05) is 6.07 Å². The fourth-order valence-electron chi connectivity index (χ4n) is 2.34. The molecule has 2 N–H and O–H groups in total. The lowest BCUT2D eigenvalue weighted by Gasteiger charge is -2.26. The number of nitrogens with zero attached hydrogens (tertiary/aromatic N) is 2. The molecule has 1 heterocycles. The van der Waals surface area contributed by atoms with Crippen molar-refractivity contribution in [2.24, 2.45) is 7.05 Å². The number of anilines is 1. The number of carbonyl (C=O) groups is 1. The van der Waals surface area contributed by atoms with Crippen molar-refractivity contribution in [3.05, 3.63) is 36.0 Å². The van der Waals surface area contributed by atoms with E-state index >= 15 is 0 Å². The molecule has 1 atom stereocenters. The Morgan fingerprint density at radius 1 is 1.30 bits per heavy atom. The van der Waals surface area contributed by atoms with E-state index in [9.17, 15) is 9.90 Å². The third-order valence-electron chi connectivity index (χ3n) is 3.60. The van der Waals surface area contributed by atoms with Crippen LogP contribution in [0.4, 0.5) is 5.82 Å². The third kappa shape index (κ3) is 3.74. The molecule has 2 aromatic rings. The van der Waals surface area contributed by atoms with E-state index < -0.39 is 11.5 Å². The van der Waals surface area contributed by atoms with Gasteiger partial charge in [0, 0.05) is 25.7 Å². The molecule has 23 heavy (non-hydrogen) atoms. The van der Waals surface area contributed by atoms with E-state index in [2.05, 4.69) is 10.4 Å². The number of rotatable bonds is 7. The first-order chi connectivity index (χ1) is 10.9. The lowest BCUT2D eigenvalue weighted by Crippen LogP contribution is -2.45. The summed E-state index contributed by atoms with van der Waals surface area (Å²) in [6, 6.07) is 7.09. The van der Waals surface area contributed by atoms with Crippen molar-refractivity contribution in [2.45, 2.75) is 18.9 Å². The molecule has 0 amide bonds. The minimum Gasteiger partial charge on any atom is -0.493 e. The molecule has 0 aliphatic carbocycles. The Balaban J connectivity index is 2.26. The number of benzene rings is 1. The quantitative estimate of drug-likeness (QED) is 0.811. The van der Waals surface area contributed by atoms with Crippen molar-refractivity contribution < 1.29 is 19.4 Å². The molecule has 7 nitrogen and oxygen atoms in total. The molecule has 0 spiro atoms. The van der Waals surface area contributed by atoms with Gasteiger partial charge in [0.05, 0.1) is 14.2 Å². The molecule has 0 aliphatic heterocycles. The van der Waals surface area contributed by atoms with Crippen LogP contribution in [0.1, 0.15) is 12.5 Å². The van der Waals surface area contributed by atoms with Gasteiger partial charge in [0.1, 0.15) is 11.4 Å². The molecule has 1 unspecified atom stereocenters. The highest BCUT2D eigenvalue weighted by molar-refractivity contribution is 5.82. The second-order valence-electron chi connectivity index (χ2n) is 5.50. The van der Waals surface area contributed by atoms with Gasteiger partial charge in [0.15, 0.2) is 11.5 Å². The Bertz CT molecular complexity index is 698. The maximum absolute atomic E-state index is 11.8. The molecular formula is C16H21N3O4. The lowest BCUT2D eigenvalue weighted by molar-refractivity contribution is -0.141. The fourth-order valence-corrected chi connectivity index (χ4v) is 2.34. The van der Waals surface area contributed by atoms with Crippen molar-refractivity contribution in [3.8, 4) is 11.5 Å². The maximum atomic E-state index is 11.8. The molecule has 0 fully saturated rings. The number of aryl methyl sites for hydroxylation is 1. The summed E-state index contributed by atoms with van der Waals surface area (Å²) in [6.07, 6.45) is 2.01. The largest absolute Gasteiger partial charge is 0.493 e. The Morgan fingerprint density at radius 2 is 2.00 bits per heavy atom. The average Bonchev–Trinajstić information content (AvgIpc) is 2.91. The molecule has 1 aromatic heterocycles. The highest BCUT2D eigenvalue weighted by atomic mass is 16.5. The van der Waals surface area contributed by atoms with E-state index in [1.165, 1.54) is 0 Å². The zero-order valence-electron chi connectivity index (χ0n) is 13.7. The maximum Gasteiger partial charge on any atom is 0.329 e. The van der Waals surface area contributed by atoms with E-state index in [0.717, 1.165) is 5.56 Å². The molecule has 0 aliphatic rings. The summed E-state index contributed by atoms with van der Waals surface area (Å²) in [6.45, 7) is 1.63. The average molecular weight is 319 g/mol. The molecule has 0 radical (unpaired) electrons. The smallest absolute Gasteiger partial charge is 0.329 e. The minimum absolute atomic E-state index is 0.263. The van der Waals surface area contributed by atoms with Crippen LogP contribution in [0.3, 0.4) is 0 Å². The summed E-state index contributed by atoms with van der Waals surface area (Å²) in [7, 11) is 4.88. The molecule has 0 bridgehead atoms. The monoisotopic (exact) mass is 319 g/mol. The van der Waals surface area contributed by atoms with Crippen LogP contribution in [0, 0.1) is 0 Å². The molecule has 124 valence electrons. The number of methoxy groups -OCH3 is 2. The van der Waals surface area contributed by atoms with Gasteiger partial charge in [-0.15, -0.1) is 0 Å². The van der Waals surface area contributed by atoms with E-state index in [4.69, 9.17) is 9.47 Å². The van der Waals surface area contributed by atoms with Gasteiger partial charge in [-0.05, 0) is 24.6 Å². The molecular weight excluding hydrogens is 298 g/mol. The second-order valence-corrected chi connectivity index (χ2v) is 5.50. The summed E-state index contributed by atoms with van der Waals surface area (Å²) in [5, 5.41) is 16.8. The highest BCUT2D eigenvalue weighted by Gasteiger charge is 2.34. The SMILES string of the molecule is COc1ccc(CC(C)(Nc2ccn(C)n2)C(=O)O)cc1OC. The van der Waals surface area contributed by atoms with E-state index in [1.54, 1.807) is 57.3 Å². The van der Waals surface area contributed by atoms with Crippen LogP contribution < -0.4 is 14.8 Å². The minimum atomic E-state index is -1.20. The first-order valence-electron chi connectivity index (χ1n) is 7.10. The Morgan fingerprint density at radius 3 is 2.52 bits per heavy atom. The van der Waals surface area contributed by atoms with Crippen LogP contribution in [0.2, 0.25) is 0 Å². The van der Waals surface area contributed by atoms with Crippen molar-refractivity contribution in [1.82, 2.24) is 9.78 Å². The number of carboxylic acids is 1. The molecule has 7 heteroatoms. The first kappa shape index (κ1) is 16.7. The summed E-state index contributed by atoms with van der Waals surface area (Å²) in [4.78, 5) is 11.8. The fraction of sp³-hybridized carbons (Fsp3) is 0.375. The standard InChI is InChI=1S/C16H21N3O4/c1-16(15(20)21,17-14-7-8-19(2)18-14)10-11-5-6-12(22-3)13(9-11)23-4/h5-9H,10H2,1-4H3,(H,17,18)(H,20,21). The zero-order chi connectivity index (χ0) is 17.0. The van der Waals surface area contributed by atoms with Crippen LogP contribution in [-0.4, -0.2) is 40.6 Å². The van der Waals surface area contributed by atoms with Crippen molar-refractivity contribution in [2.75, 3.05) is 19.5 Å². The Kier molecular flexibility index (Phi) is 4.78. The van der Waals surface area contributed by atoms with E-state index in [-0.39, 0.29) is 6.42 Å². The van der Waals surface area contributed by atoms with Crippen molar-refractivity contribution in [3.63, 3.8) is 0 Å². The van der Waals surface area contributed by atoms with E-state index in [0.29, 0.717) is 17.3 Å². The van der Waals surface area contributed by atoms with Crippen molar-refractivity contribution >= 4 is 11.8 Å². The number of hydrogen-bond donors (Lipinski definition) is 2. The predicted octanol–water partition coefficient (Wildman–Crippen LogP) is 1.94. The summed E-state index contributed by atoms with van der Waals surface area (Å²) >= 11 is 0. The van der Waals surface area contributed by atoms with Gasteiger partial charge in [0.2, 0.25) is 0 Å². The lowest BCUT2D eigenvalue weighted by atomic mass is 9.92. The van der Waals surface area contributed by atoms with Crippen molar-refractivity contribution in [1.29, 1.82) is 0 Å². The van der Waals surface area contributed by atoms with Gasteiger partial charge < -0.3 is 19.9 Å². The van der Waals surface area contributed by atoms with Gasteiger partial charge in [-0.25, -0.2) is 4.79 Å². The first-order valence-corrected chi connectivity index (χ1v) is 7.10. The summed E-state index contributed by atoms with van der Waals surface area (Å²) in [5.74, 6) is 0.720. The number of aromatic nitrogens is 2. The van der Waals surface area contributed by atoms with Gasteiger partial charge in [0.25, 0.3) is 0 Å². The number of hydrogen-bond acceptors (Lipinski definition) is 5. The molecule has 0 saturated heterocycles. The number of aliphatic carboxylic acids is 1. The zero-order valence-corrected chi connectivity index (χ0v) is 13.7. The number of nitrogens with one attached hydrogen (secondary N) is 1. The second kappa shape index (κ2) is 6.60. The summed E-state index contributed by atoms with van der Waals surface area (Å²) in [5.41, 5.74) is -0.385. The Hall–Kier alpha value is -2.70. The topological polar surface area (TPSA) is 85.6 Å². The van der Waals surface area contributed by atoms with Crippen LogP contribution in [0.15, 0.2) is 30.5 Å². The van der Waals surface area contributed by atoms with Gasteiger partial charge >= 0.3 is 5.97 Å². The van der Waals surface area contributed by atoms with Crippen LogP contribution >= 0.6 is 0 Å². The van der Waals surface area contributed by atoms with Crippen LogP contribution in [0.5, 0.6) is 11.5 Å². The number of ether oxygens (including phenoxy) is 2. The van der Waals surface area contributed by atoms with Crippen LogP contribution in [0.25, 0.3) is 0 Å². The molecule has 1 aromatic carbocycles. The number of carboxylic acid groups (broad SMARTS) is 1. The summed E-state index contributed by atoms with van der Waals surface area (Å²) < 4.78 is 12.1. The highest BCUT2D eigenvalue weighted by Crippen LogP contribution is 2.29. The molecule has 0 saturated carbocycles. The third-order valence-corrected chi connectivity index (χ3v) is 3.60. The van der Waals surface area contributed by atoms with Crippen LogP contribution in [-0.2, 0) is 18.3 Å². The predicted molar refractivity (Wildman–Crippen MR) is 86.1 cm³/mol. The van der Waals surface area contributed by atoms with Gasteiger partial charge in [-0.2, -0.15) is 5.10 Å². The Labute approximate surface area is 134 Å². The van der Waals surface area contributed by atoms with Gasteiger partial charge in [-0.1, -0.05) is 6.07 Å². The normalized spacial score (nSPS) is 13.2.